The zero-order chi connectivity index (χ0) is 17.1. The van der Waals surface area contributed by atoms with Crippen molar-refractivity contribution in [2.45, 2.75) is 76.3 Å². The second kappa shape index (κ2) is 8.22. The van der Waals surface area contributed by atoms with Crippen molar-refractivity contribution in [3.05, 3.63) is 11.6 Å². The van der Waals surface area contributed by atoms with Gasteiger partial charge in [-0.3, -0.25) is 9.69 Å². The molecular formula is C21H34N2O2. The number of amides is 1. The maximum atomic E-state index is 12.6. The number of hydrogen-bond acceptors (Lipinski definition) is 3. The van der Waals surface area contributed by atoms with E-state index < -0.39 is 0 Å². The van der Waals surface area contributed by atoms with Crippen LogP contribution in [-0.2, 0) is 9.53 Å². The van der Waals surface area contributed by atoms with Crippen LogP contribution in [0.15, 0.2) is 11.6 Å². The second-order valence-corrected chi connectivity index (χ2v) is 8.44. The van der Waals surface area contributed by atoms with E-state index in [0.29, 0.717) is 23.9 Å². The quantitative estimate of drug-likeness (QED) is 0.732. The summed E-state index contributed by atoms with van der Waals surface area (Å²) in [5, 5.41) is 0. The van der Waals surface area contributed by atoms with Gasteiger partial charge in [0.2, 0.25) is 5.91 Å². The van der Waals surface area contributed by atoms with E-state index in [-0.39, 0.29) is 0 Å². The fourth-order valence-electron chi connectivity index (χ4n) is 5.45. The van der Waals surface area contributed by atoms with Crippen LogP contribution < -0.4 is 0 Å². The van der Waals surface area contributed by atoms with Crippen molar-refractivity contribution >= 4 is 5.91 Å². The first-order chi connectivity index (χ1) is 12.3. The van der Waals surface area contributed by atoms with Gasteiger partial charge in [0.05, 0.1) is 0 Å². The van der Waals surface area contributed by atoms with Crippen LogP contribution in [0.4, 0.5) is 0 Å². The first-order valence-corrected chi connectivity index (χ1v) is 10.6. The summed E-state index contributed by atoms with van der Waals surface area (Å²) < 4.78 is 5.53. The van der Waals surface area contributed by atoms with Crippen molar-refractivity contribution in [1.29, 1.82) is 0 Å². The van der Waals surface area contributed by atoms with Crippen LogP contribution in [0, 0.1) is 5.92 Å². The Morgan fingerprint density at radius 3 is 2.76 bits per heavy atom. The van der Waals surface area contributed by atoms with Gasteiger partial charge in [-0.25, -0.2) is 0 Å². The van der Waals surface area contributed by atoms with E-state index in [1.807, 2.05) is 0 Å². The highest BCUT2D eigenvalue weighted by Gasteiger charge is 2.40. The number of fused-ring (bicyclic) bond motifs is 1. The zero-order valence-electron chi connectivity index (χ0n) is 15.6. The maximum Gasteiger partial charge on any atom is 0.222 e. The number of likely N-dealkylation sites (tertiary alicyclic amines) is 2. The van der Waals surface area contributed by atoms with Crippen molar-refractivity contribution in [3.63, 3.8) is 0 Å². The SMILES string of the molecule is O=C1CC[C@@H]2CN(C3CCOCC3)CC[C@@H]2N1CCC1=CCCCC1. The van der Waals surface area contributed by atoms with E-state index in [1.165, 1.54) is 51.5 Å². The van der Waals surface area contributed by atoms with E-state index in [1.54, 1.807) is 5.57 Å². The fourth-order valence-corrected chi connectivity index (χ4v) is 5.45. The molecule has 4 heteroatoms. The van der Waals surface area contributed by atoms with Crippen molar-refractivity contribution in [2.75, 3.05) is 32.8 Å². The standard InChI is InChI=1S/C21H34N2O2/c24-21-7-6-18-16-22(19-10-14-25-15-11-19)12-9-20(18)23(21)13-8-17-4-2-1-3-5-17/h4,18-20H,1-3,5-16H2/t18-,20+/m1/s1. The molecule has 3 fully saturated rings. The van der Waals surface area contributed by atoms with Gasteiger partial charge in [0.25, 0.3) is 0 Å². The van der Waals surface area contributed by atoms with E-state index in [0.717, 1.165) is 45.6 Å². The Kier molecular flexibility index (Phi) is 5.76. The van der Waals surface area contributed by atoms with Crippen molar-refractivity contribution in [3.8, 4) is 0 Å². The number of allylic oxidation sites excluding steroid dienone is 1. The van der Waals surface area contributed by atoms with Crippen LogP contribution in [0.2, 0.25) is 0 Å². The van der Waals surface area contributed by atoms with E-state index in [9.17, 15) is 4.79 Å². The normalized spacial score (nSPS) is 32.4. The van der Waals surface area contributed by atoms with Crippen molar-refractivity contribution in [2.24, 2.45) is 5.92 Å². The van der Waals surface area contributed by atoms with Gasteiger partial charge in [0.1, 0.15) is 0 Å². The summed E-state index contributed by atoms with van der Waals surface area (Å²) in [7, 11) is 0. The third kappa shape index (κ3) is 4.11. The van der Waals surface area contributed by atoms with Gasteiger partial charge < -0.3 is 9.64 Å². The molecular weight excluding hydrogens is 312 g/mol. The summed E-state index contributed by atoms with van der Waals surface area (Å²) >= 11 is 0. The molecule has 3 heterocycles. The number of carbonyl (C=O) groups excluding carboxylic acids is 1. The molecule has 0 bridgehead atoms. The fraction of sp³-hybridized carbons (Fsp3) is 0.857. The molecule has 0 N–H and O–H groups in total. The summed E-state index contributed by atoms with van der Waals surface area (Å²) in [6, 6.07) is 1.22. The molecule has 1 aliphatic carbocycles. The predicted octanol–water partition coefficient (Wildman–Crippen LogP) is 3.37. The molecule has 25 heavy (non-hydrogen) atoms. The van der Waals surface area contributed by atoms with Crippen LogP contribution in [0.3, 0.4) is 0 Å². The molecule has 4 aliphatic rings. The number of rotatable bonds is 4. The molecule has 0 aromatic rings. The van der Waals surface area contributed by atoms with Gasteiger partial charge >= 0.3 is 0 Å². The molecule has 2 atom stereocenters. The molecule has 0 unspecified atom stereocenters. The van der Waals surface area contributed by atoms with Gasteiger partial charge in [0, 0.05) is 51.4 Å². The molecule has 140 valence electrons. The lowest BCUT2D eigenvalue weighted by molar-refractivity contribution is -0.141. The van der Waals surface area contributed by atoms with E-state index >= 15 is 0 Å². The van der Waals surface area contributed by atoms with E-state index in [4.69, 9.17) is 4.74 Å². The molecule has 3 aliphatic heterocycles. The summed E-state index contributed by atoms with van der Waals surface area (Å²) in [6.45, 7) is 5.17. The molecule has 0 spiro atoms. The lowest BCUT2D eigenvalue weighted by Gasteiger charge is -2.49. The minimum absolute atomic E-state index is 0.414. The molecule has 3 saturated heterocycles. The molecule has 0 radical (unpaired) electrons. The molecule has 4 rings (SSSR count). The van der Waals surface area contributed by atoms with Crippen LogP contribution in [-0.4, -0.2) is 60.6 Å². The molecule has 1 amide bonds. The lowest BCUT2D eigenvalue weighted by atomic mass is 9.82. The Balaban J connectivity index is 1.35. The Hall–Kier alpha value is -0.870. The highest BCUT2D eigenvalue weighted by molar-refractivity contribution is 5.77. The third-order valence-electron chi connectivity index (χ3n) is 6.94. The average molecular weight is 347 g/mol. The maximum absolute atomic E-state index is 12.6. The van der Waals surface area contributed by atoms with Crippen LogP contribution in [0.5, 0.6) is 0 Å². The summed E-state index contributed by atoms with van der Waals surface area (Å²) in [5.41, 5.74) is 1.60. The topological polar surface area (TPSA) is 32.8 Å². The summed E-state index contributed by atoms with van der Waals surface area (Å²) in [6.07, 6.45) is 14.1. The lowest BCUT2D eigenvalue weighted by Crippen LogP contribution is -2.58. The highest BCUT2D eigenvalue weighted by Crippen LogP contribution is 2.34. The van der Waals surface area contributed by atoms with Crippen molar-refractivity contribution < 1.29 is 9.53 Å². The Labute approximate surface area is 152 Å². The van der Waals surface area contributed by atoms with Gasteiger partial charge in [-0.05, 0) is 63.7 Å². The van der Waals surface area contributed by atoms with Crippen LogP contribution in [0.1, 0.15) is 64.2 Å². The second-order valence-electron chi connectivity index (χ2n) is 8.44. The number of ether oxygens (including phenoxy) is 1. The van der Waals surface area contributed by atoms with Gasteiger partial charge in [0.15, 0.2) is 0 Å². The van der Waals surface area contributed by atoms with Gasteiger partial charge in [-0.2, -0.15) is 0 Å². The monoisotopic (exact) mass is 346 g/mol. The molecule has 4 nitrogen and oxygen atoms in total. The molecule has 0 aromatic carbocycles. The van der Waals surface area contributed by atoms with Gasteiger partial charge in [-0.1, -0.05) is 11.6 Å². The molecule has 0 saturated carbocycles. The minimum atomic E-state index is 0.414. The Morgan fingerprint density at radius 2 is 1.96 bits per heavy atom. The number of piperidine rings is 2. The number of nitrogens with zero attached hydrogens (tertiary/aromatic N) is 2. The largest absolute Gasteiger partial charge is 0.381 e. The zero-order valence-corrected chi connectivity index (χ0v) is 15.6. The Morgan fingerprint density at radius 1 is 1.08 bits per heavy atom. The average Bonchev–Trinajstić information content (AvgIpc) is 2.68. The number of carbonyl (C=O) groups is 1. The number of hydrogen-bond donors (Lipinski definition) is 0. The van der Waals surface area contributed by atoms with Crippen LogP contribution >= 0.6 is 0 Å². The van der Waals surface area contributed by atoms with E-state index in [2.05, 4.69) is 15.9 Å². The third-order valence-corrected chi connectivity index (χ3v) is 6.94. The predicted molar refractivity (Wildman–Crippen MR) is 99.4 cm³/mol. The first kappa shape index (κ1) is 17.5. The Bertz CT molecular complexity index is 498. The smallest absolute Gasteiger partial charge is 0.222 e. The first-order valence-electron chi connectivity index (χ1n) is 10.6. The summed E-state index contributed by atoms with van der Waals surface area (Å²) in [5.74, 6) is 1.10. The highest BCUT2D eigenvalue weighted by atomic mass is 16.5. The van der Waals surface area contributed by atoms with Gasteiger partial charge in [-0.15, -0.1) is 0 Å². The van der Waals surface area contributed by atoms with Crippen LogP contribution in [0.25, 0.3) is 0 Å². The summed E-state index contributed by atoms with van der Waals surface area (Å²) in [4.78, 5) is 17.6. The minimum Gasteiger partial charge on any atom is -0.381 e. The van der Waals surface area contributed by atoms with Crippen molar-refractivity contribution in [1.82, 2.24) is 9.80 Å². The molecule has 0 aromatic heterocycles.